The highest BCUT2D eigenvalue weighted by atomic mass is 32.1. The van der Waals surface area contributed by atoms with Gasteiger partial charge in [-0.25, -0.2) is 14.8 Å². The molecule has 2 heterocycles. The maximum Gasteiger partial charge on any atom is 0.348 e. The minimum Gasteiger partial charge on any atom is -0.459 e. The Hall–Kier alpha value is -2.51. The highest BCUT2D eigenvalue weighted by Crippen LogP contribution is 2.35. The quantitative estimate of drug-likeness (QED) is 0.498. The number of aromatic nitrogens is 2. The number of hydrogen-bond acceptors (Lipinski definition) is 7. The van der Waals surface area contributed by atoms with Gasteiger partial charge in [0.05, 0.1) is 12.0 Å². The van der Waals surface area contributed by atoms with Crippen LogP contribution in [0.3, 0.4) is 0 Å². The lowest BCUT2D eigenvalue weighted by Gasteiger charge is -2.11. The number of carbonyl (C=O) groups excluding carboxylic acids is 1. The van der Waals surface area contributed by atoms with E-state index < -0.39 is 0 Å². The van der Waals surface area contributed by atoms with Gasteiger partial charge in [0.25, 0.3) is 0 Å². The molecule has 1 N–H and O–H groups in total. The summed E-state index contributed by atoms with van der Waals surface area (Å²) in [6, 6.07) is 8.11. The molecule has 2 aromatic heterocycles. The molecule has 3 aromatic rings. The van der Waals surface area contributed by atoms with Crippen LogP contribution >= 0.6 is 11.3 Å². The number of rotatable bonds is 7. The second kappa shape index (κ2) is 8.25. The second-order valence-corrected chi connectivity index (χ2v) is 6.72. The molecule has 0 fully saturated rings. The molecular formula is C19H21N3O3S. The predicted molar refractivity (Wildman–Crippen MR) is 103 cm³/mol. The molecule has 0 spiro atoms. The van der Waals surface area contributed by atoms with Crippen LogP contribution in [0.1, 0.15) is 27.7 Å². The molecule has 0 unspecified atom stereocenters. The predicted octanol–water partition coefficient (Wildman–Crippen LogP) is 4.11. The number of thiophene rings is 1. The first kappa shape index (κ1) is 18.3. The number of nitrogens with zero attached hydrogens (tertiary/aromatic N) is 2. The average molecular weight is 371 g/mol. The summed E-state index contributed by atoms with van der Waals surface area (Å²) in [5.74, 6) is 0.336. The Morgan fingerprint density at radius 2 is 2.04 bits per heavy atom. The maximum atomic E-state index is 12.3. The Balaban J connectivity index is 1.96. The summed E-state index contributed by atoms with van der Waals surface area (Å²) in [7, 11) is 1.57. The lowest BCUT2D eigenvalue weighted by Crippen LogP contribution is -2.09. The van der Waals surface area contributed by atoms with Crippen molar-refractivity contribution in [3.8, 4) is 0 Å². The molecule has 0 atom stereocenters. The van der Waals surface area contributed by atoms with E-state index in [1.54, 1.807) is 7.11 Å². The molecule has 0 bridgehead atoms. The number of methoxy groups -OCH3 is 1. The summed E-state index contributed by atoms with van der Waals surface area (Å²) >= 11 is 1.32. The second-order valence-electron chi connectivity index (χ2n) is 5.72. The third-order valence-electron chi connectivity index (χ3n) is 4.08. The fourth-order valence-corrected chi connectivity index (χ4v) is 3.76. The Bertz CT molecular complexity index is 924. The lowest BCUT2D eigenvalue weighted by atomic mass is 10.1. The number of benzene rings is 1. The van der Waals surface area contributed by atoms with Crippen molar-refractivity contribution in [3.05, 3.63) is 46.6 Å². The van der Waals surface area contributed by atoms with Crippen LogP contribution in [-0.2, 0) is 15.9 Å². The monoisotopic (exact) mass is 371 g/mol. The Kier molecular flexibility index (Phi) is 5.80. The summed E-state index contributed by atoms with van der Waals surface area (Å²) in [5, 5.41) is 4.24. The van der Waals surface area contributed by atoms with Crippen LogP contribution in [0.15, 0.2) is 30.6 Å². The number of anilines is 2. The Morgan fingerprint density at radius 1 is 1.23 bits per heavy atom. The van der Waals surface area contributed by atoms with E-state index in [1.807, 2.05) is 25.1 Å². The lowest BCUT2D eigenvalue weighted by molar-refractivity contribution is 0.0393. The number of para-hydroxylation sites is 1. The molecule has 0 aliphatic carbocycles. The largest absolute Gasteiger partial charge is 0.459 e. The minimum absolute atomic E-state index is 0.226. The highest BCUT2D eigenvalue weighted by Gasteiger charge is 2.20. The van der Waals surface area contributed by atoms with E-state index in [2.05, 4.69) is 28.3 Å². The van der Waals surface area contributed by atoms with Gasteiger partial charge in [-0.3, -0.25) is 0 Å². The summed E-state index contributed by atoms with van der Waals surface area (Å²) in [6.07, 6.45) is 2.42. The first-order valence-corrected chi connectivity index (χ1v) is 9.22. The average Bonchev–Trinajstić information content (AvgIpc) is 3.00. The molecule has 136 valence electrons. The van der Waals surface area contributed by atoms with E-state index in [1.165, 1.54) is 23.2 Å². The molecule has 1 aromatic carbocycles. The number of ether oxygens (including phenoxy) is 2. The summed E-state index contributed by atoms with van der Waals surface area (Å²) in [6.45, 7) is 4.60. The zero-order valence-corrected chi connectivity index (χ0v) is 15.9. The zero-order valence-electron chi connectivity index (χ0n) is 15.0. The van der Waals surface area contributed by atoms with Crippen molar-refractivity contribution in [1.29, 1.82) is 0 Å². The molecular weight excluding hydrogens is 350 g/mol. The number of aryl methyl sites for hydroxylation is 2. The fraction of sp³-hybridized carbons (Fsp3) is 0.316. The molecule has 0 saturated heterocycles. The van der Waals surface area contributed by atoms with Gasteiger partial charge in [-0.15, -0.1) is 11.3 Å². The molecule has 0 amide bonds. The van der Waals surface area contributed by atoms with Crippen molar-refractivity contribution in [2.24, 2.45) is 0 Å². The van der Waals surface area contributed by atoms with Crippen molar-refractivity contribution in [2.75, 3.05) is 25.6 Å². The van der Waals surface area contributed by atoms with E-state index >= 15 is 0 Å². The fourth-order valence-electron chi connectivity index (χ4n) is 2.72. The van der Waals surface area contributed by atoms with E-state index in [4.69, 9.17) is 9.47 Å². The van der Waals surface area contributed by atoms with Gasteiger partial charge >= 0.3 is 5.97 Å². The molecule has 26 heavy (non-hydrogen) atoms. The number of fused-ring (bicyclic) bond motifs is 1. The third kappa shape index (κ3) is 3.68. The summed E-state index contributed by atoms with van der Waals surface area (Å²) < 4.78 is 10.2. The SMILES string of the molecule is CCc1ccccc1Nc1ncnc2sc(C(=O)OCCOC)c(C)c12. The van der Waals surface area contributed by atoms with E-state index in [0.717, 1.165) is 27.9 Å². The number of nitrogens with one attached hydrogen (secondary N) is 1. The van der Waals surface area contributed by atoms with E-state index in [9.17, 15) is 4.79 Å². The minimum atomic E-state index is -0.359. The van der Waals surface area contributed by atoms with Gasteiger partial charge in [-0.2, -0.15) is 0 Å². The Morgan fingerprint density at radius 3 is 2.81 bits per heavy atom. The summed E-state index contributed by atoms with van der Waals surface area (Å²) in [4.78, 5) is 22.4. The van der Waals surface area contributed by atoms with Crippen molar-refractivity contribution >= 4 is 39.0 Å². The van der Waals surface area contributed by atoms with Crippen molar-refractivity contribution < 1.29 is 14.3 Å². The topological polar surface area (TPSA) is 73.3 Å². The van der Waals surface area contributed by atoms with Gasteiger partial charge in [-0.1, -0.05) is 25.1 Å². The van der Waals surface area contributed by atoms with Crippen molar-refractivity contribution in [1.82, 2.24) is 9.97 Å². The third-order valence-corrected chi connectivity index (χ3v) is 5.26. The molecule has 0 aliphatic rings. The smallest absolute Gasteiger partial charge is 0.348 e. The molecule has 0 saturated carbocycles. The van der Waals surface area contributed by atoms with Gasteiger partial charge < -0.3 is 14.8 Å². The van der Waals surface area contributed by atoms with Crippen LogP contribution in [-0.4, -0.2) is 36.3 Å². The first-order valence-electron chi connectivity index (χ1n) is 8.40. The highest BCUT2D eigenvalue weighted by molar-refractivity contribution is 7.20. The van der Waals surface area contributed by atoms with Crippen LogP contribution in [0.4, 0.5) is 11.5 Å². The zero-order chi connectivity index (χ0) is 18.5. The van der Waals surface area contributed by atoms with Crippen LogP contribution in [0, 0.1) is 6.92 Å². The van der Waals surface area contributed by atoms with E-state index in [0.29, 0.717) is 17.3 Å². The van der Waals surface area contributed by atoms with Crippen molar-refractivity contribution in [3.63, 3.8) is 0 Å². The van der Waals surface area contributed by atoms with Crippen molar-refractivity contribution in [2.45, 2.75) is 20.3 Å². The van der Waals surface area contributed by atoms with Gasteiger partial charge in [0.15, 0.2) is 0 Å². The number of esters is 1. The number of hydrogen-bond donors (Lipinski definition) is 1. The molecule has 0 aliphatic heterocycles. The first-order chi connectivity index (χ1) is 12.7. The Labute approximate surface area is 156 Å². The molecule has 6 nitrogen and oxygen atoms in total. The van der Waals surface area contributed by atoms with Gasteiger partial charge in [0, 0.05) is 12.8 Å². The molecule has 3 rings (SSSR count). The maximum absolute atomic E-state index is 12.3. The van der Waals surface area contributed by atoms with Gasteiger partial charge in [0.1, 0.15) is 28.5 Å². The summed E-state index contributed by atoms with van der Waals surface area (Å²) in [5.41, 5.74) is 3.03. The van der Waals surface area contributed by atoms with Crippen LogP contribution in [0.25, 0.3) is 10.2 Å². The van der Waals surface area contributed by atoms with Gasteiger partial charge in [-0.05, 0) is 30.5 Å². The van der Waals surface area contributed by atoms with Crippen LogP contribution in [0.2, 0.25) is 0 Å². The molecule has 7 heteroatoms. The van der Waals surface area contributed by atoms with Gasteiger partial charge in [0.2, 0.25) is 0 Å². The number of carbonyl (C=O) groups is 1. The van der Waals surface area contributed by atoms with Crippen LogP contribution in [0.5, 0.6) is 0 Å². The van der Waals surface area contributed by atoms with Crippen LogP contribution < -0.4 is 5.32 Å². The molecule has 0 radical (unpaired) electrons. The van der Waals surface area contributed by atoms with E-state index in [-0.39, 0.29) is 12.6 Å². The standard InChI is InChI=1S/C19H21N3O3S/c1-4-13-7-5-6-8-14(13)22-17-15-12(2)16(19(23)25-10-9-24-3)26-18(15)21-11-20-17/h5-8,11H,4,9-10H2,1-3H3,(H,20,21,22). The normalized spacial score (nSPS) is 10.9.